The highest BCUT2D eigenvalue weighted by molar-refractivity contribution is 6.34. The van der Waals surface area contributed by atoms with Crippen molar-refractivity contribution in [1.29, 1.82) is 0 Å². The minimum absolute atomic E-state index is 0.00594. The molecule has 2 aromatic carbocycles. The second-order valence-corrected chi connectivity index (χ2v) is 4.49. The van der Waals surface area contributed by atoms with Crippen LogP contribution in [0.3, 0.4) is 0 Å². The highest BCUT2D eigenvalue weighted by atomic mass is 35.5. The van der Waals surface area contributed by atoms with Gasteiger partial charge in [-0.15, -0.1) is 0 Å². The molecule has 2 aromatic rings. The van der Waals surface area contributed by atoms with Crippen molar-refractivity contribution in [2.24, 2.45) is 0 Å². The van der Waals surface area contributed by atoms with E-state index in [-0.39, 0.29) is 28.3 Å². The zero-order valence-electron chi connectivity index (χ0n) is 10.2. The van der Waals surface area contributed by atoms with Gasteiger partial charge in [-0.05, 0) is 12.1 Å². The van der Waals surface area contributed by atoms with Gasteiger partial charge < -0.3 is 0 Å². The van der Waals surface area contributed by atoms with Gasteiger partial charge >= 0.3 is 0 Å². The van der Waals surface area contributed by atoms with Gasteiger partial charge in [0.1, 0.15) is 5.82 Å². The van der Waals surface area contributed by atoms with Crippen molar-refractivity contribution in [1.82, 2.24) is 0 Å². The molecule has 0 aromatic heterocycles. The SMILES string of the molecule is O=C(Cc1ccccc1[N+](=O)[O-])c1c(F)cccc1Cl. The van der Waals surface area contributed by atoms with Gasteiger partial charge in [0.25, 0.3) is 5.69 Å². The summed E-state index contributed by atoms with van der Waals surface area (Å²) >= 11 is 5.80. The summed E-state index contributed by atoms with van der Waals surface area (Å²) < 4.78 is 13.6. The third-order valence-electron chi connectivity index (χ3n) is 2.78. The quantitative estimate of drug-likeness (QED) is 0.489. The molecule has 0 aliphatic heterocycles. The molecule has 0 fully saturated rings. The van der Waals surface area contributed by atoms with E-state index in [0.717, 1.165) is 6.07 Å². The van der Waals surface area contributed by atoms with Gasteiger partial charge in [0.15, 0.2) is 5.78 Å². The van der Waals surface area contributed by atoms with Crippen LogP contribution in [0, 0.1) is 15.9 Å². The van der Waals surface area contributed by atoms with Gasteiger partial charge in [0.2, 0.25) is 0 Å². The number of carbonyl (C=O) groups excluding carboxylic acids is 1. The third-order valence-corrected chi connectivity index (χ3v) is 3.10. The van der Waals surface area contributed by atoms with Crippen LogP contribution in [-0.4, -0.2) is 10.7 Å². The molecule has 0 amide bonds. The van der Waals surface area contributed by atoms with E-state index in [1.807, 2.05) is 0 Å². The number of para-hydroxylation sites is 1. The zero-order valence-corrected chi connectivity index (χ0v) is 10.9. The number of ketones is 1. The van der Waals surface area contributed by atoms with Crippen LogP contribution >= 0.6 is 11.6 Å². The molecule has 0 radical (unpaired) electrons. The first kappa shape index (κ1) is 14.1. The number of Topliss-reactive ketones (excluding diaryl/α,β-unsaturated/α-hetero) is 1. The van der Waals surface area contributed by atoms with Gasteiger partial charge in [-0.25, -0.2) is 4.39 Å². The van der Waals surface area contributed by atoms with Gasteiger partial charge in [0.05, 0.1) is 15.5 Å². The molecule has 2 rings (SSSR count). The second kappa shape index (κ2) is 5.79. The number of halogens is 2. The number of rotatable bonds is 4. The Labute approximate surface area is 119 Å². The van der Waals surface area contributed by atoms with E-state index in [1.54, 1.807) is 6.07 Å². The van der Waals surface area contributed by atoms with E-state index in [2.05, 4.69) is 0 Å². The molecule has 0 saturated heterocycles. The molecule has 0 N–H and O–H groups in total. The highest BCUT2D eigenvalue weighted by Crippen LogP contribution is 2.24. The minimum Gasteiger partial charge on any atom is -0.294 e. The van der Waals surface area contributed by atoms with Gasteiger partial charge in [-0.1, -0.05) is 35.9 Å². The second-order valence-electron chi connectivity index (χ2n) is 4.08. The Morgan fingerprint density at radius 1 is 1.20 bits per heavy atom. The van der Waals surface area contributed by atoms with E-state index in [1.165, 1.54) is 30.3 Å². The van der Waals surface area contributed by atoms with Crippen LogP contribution in [0.4, 0.5) is 10.1 Å². The lowest BCUT2D eigenvalue weighted by molar-refractivity contribution is -0.385. The van der Waals surface area contributed by atoms with Crippen molar-refractivity contribution in [3.63, 3.8) is 0 Å². The van der Waals surface area contributed by atoms with E-state index in [0.29, 0.717) is 0 Å². The van der Waals surface area contributed by atoms with E-state index in [4.69, 9.17) is 11.6 Å². The Hall–Kier alpha value is -2.27. The lowest BCUT2D eigenvalue weighted by Gasteiger charge is -2.05. The van der Waals surface area contributed by atoms with E-state index in [9.17, 15) is 19.3 Å². The molecule has 0 unspecified atom stereocenters. The fourth-order valence-electron chi connectivity index (χ4n) is 1.86. The fourth-order valence-corrected chi connectivity index (χ4v) is 2.13. The monoisotopic (exact) mass is 293 g/mol. The molecule has 20 heavy (non-hydrogen) atoms. The average Bonchev–Trinajstić information content (AvgIpc) is 2.38. The Kier molecular flexibility index (Phi) is 4.10. The van der Waals surface area contributed by atoms with Crippen LogP contribution in [0.1, 0.15) is 15.9 Å². The Bertz CT molecular complexity index is 668. The molecule has 0 aliphatic rings. The summed E-state index contributed by atoms with van der Waals surface area (Å²) in [5.41, 5.74) is -0.192. The van der Waals surface area contributed by atoms with Crippen molar-refractivity contribution in [2.45, 2.75) is 6.42 Å². The lowest BCUT2D eigenvalue weighted by Crippen LogP contribution is -2.08. The first-order chi connectivity index (χ1) is 9.50. The maximum atomic E-state index is 13.6. The molecule has 0 saturated carbocycles. The predicted molar refractivity (Wildman–Crippen MR) is 72.5 cm³/mol. The number of nitrogens with zero attached hydrogens (tertiary/aromatic N) is 1. The molecule has 102 valence electrons. The van der Waals surface area contributed by atoms with Gasteiger partial charge in [-0.3, -0.25) is 14.9 Å². The average molecular weight is 294 g/mol. The van der Waals surface area contributed by atoms with Crippen LogP contribution in [0.2, 0.25) is 5.02 Å². The summed E-state index contributed by atoms with van der Waals surface area (Å²) in [6, 6.07) is 9.76. The Balaban J connectivity index is 2.36. The maximum Gasteiger partial charge on any atom is 0.273 e. The van der Waals surface area contributed by atoms with Crippen molar-refractivity contribution in [3.8, 4) is 0 Å². The number of benzene rings is 2. The summed E-state index contributed by atoms with van der Waals surface area (Å²) in [6.07, 6.45) is -0.280. The topological polar surface area (TPSA) is 60.2 Å². The smallest absolute Gasteiger partial charge is 0.273 e. The Morgan fingerprint density at radius 3 is 2.55 bits per heavy atom. The number of hydrogen-bond acceptors (Lipinski definition) is 3. The van der Waals surface area contributed by atoms with Crippen LogP contribution in [0.5, 0.6) is 0 Å². The molecular formula is C14H9ClFNO3. The maximum absolute atomic E-state index is 13.6. The molecule has 0 atom stereocenters. The normalized spacial score (nSPS) is 10.3. The summed E-state index contributed by atoms with van der Waals surface area (Å²) in [5.74, 6) is -1.33. The largest absolute Gasteiger partial charge is 0.294 e. The number of hydrogen-bond donors (Lipinski definition) is 0. The predicted octanol–water partition coefficient (Wildman–Crippen LogP) is 3.81. The van der Waals surface area contributed by atoms with Crippen LogP contribution < -0.4 is 0 Å². The number of nitro groups is 1. The third kappa shape index (κ3) is 2.83. The lowest BCUT2D eigenvalue weighted by atomic mass is 10.0. The van der Waals surface area contributed by atoms with Gasteiger partial charge in [0, 0.05) is 18.1 Å². The summed E-state index contributed by atoms with van der Waals surface area (Å²) in [6.45, 7) is 0. The number of nitro benzene ring substituents is 1. The standard InChI is InChI=1S/C14H9ClFNO3/c15-10-5-3-6-11(16)14(10)13(18)8-9-4-1-2-7-12(9)17(19)20/h1-7H,8H2. The fraction of sp³-hybridized carbons (Fsp3) is 0.0714. The van der Waals surface area contributed by atoms with Crippen molar-refractivity contribution >= 4 is 23.1 Å². The highest BCUT2D eigenvalue weighted by Gasteiger charge is 2.20. The van der Waals surface area contributed by atoms with Crippen LogP contribution in [0.25, 0.3) is 0 Å². The van der Waals surface area contributed by atoms with Crippen molar-refractivity contribution in [3.05, 3.63) is 74.5 Å². The first-order valence-corrected chi connectivity index (χ1v) is 6.08. The van der Waals surface area contributed by atoms with Crippen LogP contribution in [0.15, 0.2) is 42.5 Å². The summed E-state index contributed by atoms with van der Waals surface area (Å²) in [5, 5.41) is 10.9. The molecule has 0 bridgehead atoms. The molecule has 0 aliphatic carbocycles. The van der Waals surface area contributed by atoms with E-state index < -0.39 is 16.5 Å². The van der Waals surface area contributed by atoms with Crippen molar-refractivity contribution in [2.75, 3.05) is 0 Å². The Morgan fingerprint density at radius 2 is 1.90 bits per heavy atom. The first-order valence-electron chi connectivity index (χ1n) is 5.70. The molecular weight excluding hydrogens is 285 g/mol. The molecule has 6 heteroatoms. The zero-order chi connectivity index (χ0) is 14.7. The van der Waals surface area contributed by atoms with Crippen molar-refractivity contribution < 1.29 is 14.1 Å². The van der Waals surface area contributed by atoms with E-state index >= 15 is 0 Å². The molecule has 4 nitrogen and oxygen atoms in total. The summed E-state index contributed by atoms with van der Waals surface area (Å²) in [4.78, 5) is 22.4. The number of carbonyl (C=O) groups is 1. The van der Waals surface area contributed by atoms with Crippen LogP contribution in [-0.2, 0) is 6.42 Å². The minimum atomic E-state index is -0.735. The van der Waals surface area contributed by atoms with Gasteiger partial charge in [-0.2, -0.15) is 0 Å². The summed E-state index contributed by atoms with van der Waals surface area (Å²) in [7, 11) is 0. The molecule has 0 spiro atoms. The molecule has 0 heterocycles.